The van der Waals surface area contributed by atoms with Gasteiger partial charge in [-0.1, -0.05) is 37.3 Å². The number of fused-ring (bicyclic) bond motifs is 1. The van der Waals surface area contributed by atoms with Gasteiger partial charge in [-0.3, -0.25) is 9.59 Å². The van der Waals surface area contributed by atoms with Gasteiger partial charge in [0, 0.05) is 19.0 Å². The fourth-order valence-electron chi connectivity index (χ4n) is 2.68. The van der Waals surface area contributed by atoms with Crippen LogP contribution in [0.1, 0.15) is 13.3 Å². The lowest BCUT2D eigenvalue weighted by Crippen LogP contribution is -2.19. The number of halogens is 1. The highest BCUT2D eigenvalue weighted by Gasteiger charge is 2.17. The van der Waals surface area contributed by atoms with E-state index in [0.29, 0.717) is 16.8 Å². The maximum Gasteiger partial charge on any atom is 0.310 e. The molecule has 0 aliphatic rings. The zero-order chi connectivity index (χ0) is 17.3. The molecule has 3 aromatic rings. The molecule has 0 radical (unpaired) electrons. The molecule has 6 heteroatoms. The van der Waals surface area contributed by atoms with E-state index >= 15 is 0 Å². The molecule has 0 saturated heterocycles. The van der Waals surface area contributed by atoms with Gasteiger partial charge in [-0.25, -0.2) is 0 Å². The first-order valence-electron chi connectivity index (χ1n) is 7.71. The number of aryl methyl sites for hydroxylation is 1. The van der Waals surface area contributed by atoms with E-state index in [1.165, 1.54) is 0 Å². The number of pyridine rings is 1. The Morgan fingerprint density at radius 1 is 1.12 bits per heavy atom. The molecule has 0 aliphatic heterocycles. The van der Waals surface area contributed by atoms with Crippen molar-refractivity contribution in [2.75, 3.05) is 5.73 Å². The average molecular weight is 359 g/mol. The predicted octanol–water partition coefficient (Wildman–Crippen LogP) is 3.52. The standard InChI is InChI=1S/C19H18N2O3.ClH/c1-3-17(22)24-18-13(8-6-9-15(18)20)14-11-12-7-4-5-10-16(12)21(2)19(14)23;/h4-11H,3,20H2,1-2H3;1H. The first kappa shape index (κ1) is 18.5. The van der Waals surface area contributed by atoms with E-state index in [1.807, 2.05) is 24.3 Å². The third kappa shape index (κ3) is 3.37. The second-order valence-electron chi connectivity index (χ2n) is 5.53. The smallest absolute Gasteiger partial charge is 0.310 e. The molecule has 0 saturated carbocycles. The Hall–Kier alpha value is -2.79. The van der Waals surface area contributed by atoms with Crippen molar-refractivity contribution in [2.24, 2.45) is 7.05 Å². The van der Waals surface area contributed by atoms with Gasteiger partial charge < -0.3 is 15.0 Å². The SMILES string of the molecule is CCC(=O)Oc1c(N)cccc1-c1cc2ccccc2n(C)c1=O.Cl. The molecular weight excluding hydrogens is 340 g/mol. The molecule has 0 atom stereocenters. The third-order valence-electron chi connectivity index (χ3n) is 3.97. The van der Waals surface area contributed by atoms with Gasteiger partial charge in [0.2, 0.25) is 0 Å². The molecule has 0 amide bonds. The van der Waals surface area contributed by atoms with E-state index in [9.17, 15) is 9.59 Å². The quantitative estimate of drug-likeness (QED) is 0.441. The van der Waals surface area contributed by atoms with Crippen LogP contribution in [-0.2, 0) is 11.8 Å². The van der Waals surface area contributed by atoms with Crippen molar-refractivity contribution < 1.29 is 9.53 Å². The van der Waals surface area contributed by atoms with Crippen LogP contribution < -0.4 is 16.0 Å². The van der Waals surface area contributed by atoms with Crippen LogP contribution in [-0.4, -0.2) is 10.5 Å². The highest BCUT2D eigenvalue weighted by molar-refractivity contribution is 5.88. The second-order valence-corrected chi connectivity index (χ2v) is 5.53. The molecule has 0 spiro atoms. The van der Waals surface area contributed by atoms with Gasteiger partial charge in [0.25, 0.3) is 5.56 Å². The normalized spacial score (nSPS) is 10.3. The Morgan fingerprint density at radius 2 is 1.84 bits per heavy atom. The number of nitrogen functional groups attached to an aromatic ring is 1. The number of nitrogens with two attached hydrogens (primary N) is 1. The molecule has 1 aromatic heterocycles. The number of aromatic nitrogens is 1. The molecule has 1 heterocycles. The monoisotopic (exact) mass is 358 g/mol. The summed E-state index contributed by atoms with van der Waals surface area (Å²) in [5, 5.41) is 0.921. The predicted molar refractivity (Wildman–Crippen MR) is 102 cm³/mol. The maximum atomic E-state index is 12.8. The number of hydrogen-bond acceptors (Lipinski definition) is 4. The minimum atomic E-state index is -0.397. The van der Waals surface area contributed by atoms with Crippen LogP contribution in [0.5, 0.6) is 5.75 Å². The highest BCUT2D eigenvalue weighted by atomic mass is 35.5. The molecule has 2 N–H and O–H groups in total. The summed E-state index contributed by atoms with van der Waals surface area (Å²) >= 11 is 0. The average Bonchev–Trinajstić information content (AvgIpc) is 2.60. The van der Waals surface area contributed by atoms with Gasteiger partial charge >= 0.3 is 5.97 Å². The zero-order valence-electron chi connectivity index (χ0n) is 14.0. The van der Waals surface area contributed by atoms with Crippen molar-refractivity contribution in [3.05, 3.63) is 58.9 Å². The molecule has 2 aromatic carbocycles. The number of hydrogen-bond donors (Lipinski definition) is 1. The first-order chi connectivity index (χ1) is 11.5. The van der Waals surface area contributed by atoms with Crippen molar-refractivity contribution in [1.29, 1.82) is 0 Å². The lowest BCUT2D eigenvalue weighted by molar-refractivity contribution is -0.133. The van der Waals surface area contributed by atoms with Crippen molar-refractivity contribution in [1.82, 2.24) is 4.57 Å². The lowest BCUT2D eigenvalue weighted by Gasteiger charge is -2.14. The Labute approximate surface area is 151 Å². The lowest BCUT2D eigenvalue weighted by atomic mass is 10.0. The molecule has 3 rings (SSSR count). The van der Waals surface area contributed by atoms with Crippen LogP contribution >= 0.6 is 12.4 Å². The van der Waals surface area contributed by atoms with E-state index in [1.54, 1.807) is 42.8 Å². The van der Waals surface area contributed by atoms with Crippen molar-refractivity contribution in [3.63, 3.8) is 0 Å². The number of rotatable bonds is 3. The molecule has 5 nitrogen and oxygen atoms in total. The molecule has 25 heavy (non-hydrogen) atoms. The minimum Gasteiger partial charge on any atom is -0.424 e. The number of esters is 1. The highest BCUT2D eigenvalue weighted by Crippen LogP contribution is 2.34. The number of ether oxygens (including phenoxy) is 1. The number of carbonyl (C=O) groups excluding carboxylic acids is 1. The van der Waals surface area contributed by atoms with E-state index < -0.39 is 5.97 Å². The van der Waals surface area contributed by atoms with E-state index in [-0.39, 0.29) is 30.1 Å². The van der Waals surface area contributed by atoms with Gasteiger partial charge in [0.15, 0.2) is 5.75 Å². The molecular formula is C19H19ClN2O3. The van der Waals surface area contributed by atoms with Crippen LogP contribution in [0, 0.1) is 0 Å². The third-order valence-corrected chi connectivity index (χ3v) is 3.97. The van der Waals surface area contributed by atoms with Crippen LogP contribution in [0.2, 0.25) is 0 Å². The molecule has 0 unspecified atom stereocenters. The second kappa shape index (κ2) is 7.40. The Kier molecular flexibility index (Phi) is 5.49. The van der Waals surface area contributed by atoms with Crippen molar-refractivity contribution >= 4 is 35.0 Å². The largest absolute Gasteiger partial charge is 0.424 e. The summed E-state index contributed by atoms with van der Waals surface area (Å²) in [6.07, 6.45) is 0.226. The summed E-state index contributed by atoms with van der Waals surface area (Å²) in [5.41, 5.74) is 7.93. The number of benzene rings is 2. The van der Waals surface area contributed by atoms with Crippen LogP contribution in [0.4, 0.5) is 5.69 Å². The molecule has 130 valence electrons. The summed E-state index contributed by atoms with van der Waals surface area (Å²) in [4.78, 5) is 24.5. The van der Waals surface area contributed by atoms with Gasteiger partial charge in [-0.15, -0.1) is 12.4 Å². The summed E-state index contributed by atoms with van der Waals surface area (Å²) in [5.74, 6) is -0.163. The fraction of sp³-hybridized carbons (Fsp3) is 0.158. The van der Waals surface area contributed by atoms with E-state index in [2.05, 4.69) is 0 Å². The van der Waals surface area contributed by atoms with Crippen LogP contribution in [0.15, 0.2) is 53.3 Å². The topological polar surface area (TPSA) is 74.3 Å². The number of carbonyl (C=O) groups is 1. The zero-order valence-corrected chi connectivity index (χ0v) is 14.8. The fourth-order valence-corrected chi connectivity index (χ4v) is 2.68. The Balaban J connectivity index is 0.00000225. The number of nitrogens with zero attached hydrogens (tertiary/aromatic N) is 1. The van der Waals surface area contributed by atoms with Crippen molar-refractivity contribution in [2.45, 2.75) is 13.3 Å². The van der Waals surface area contributed by atoms with Crippen molar-refractivity contribution in [3.8, 4) is 16.9 Å². The molecule has 0 bridgehead atoms. The van der Waals surface area contributed by atoms with Gasteiger partial charge in [-0.05, 0) is 23.6 Å². The maximum absolute atomic E-state index is 12.8. The Bertz CT molecular complexity index is 996. The van der Waals surface area contributed by atoms with Gasteiger partial charge in [-0.2, -0.15) is 0 Å². The van der Waals surface area contributed by atoms with E-state index in [0.717, 1.165) is 10.9 Å². The van der Waals surface area contributed by atoms with Gasteiger partial charge in [0.1, 0.15) is 0 Å². The number of anilines is 1. The number of para-hydroxylation sites is 2. The summed E-state index contributed by atoms with van der Waals surface area (Å²) in [7, 11) is 1.72. The molecule has 0 fully saturated rings. The summed E-state index contributed by atoms with van der Waals surface area (Å²) in [6, 6.07) is 14.5. The summed E-state index contributed by atoms with van der Waals surface area (Å²) in [6.45, 7) is 1.70. The molecule has 0 aliphatic carbocycles. The van der Waals surface area contributed by atoms with Crippen LogP contribution in [0.3, 0.4) is 0 Å². The van der Waals surface area contributed by atoms with Gasteiger partial charge in [0.05, 0.1) is 16.8 Å². The Morgan fingerprint density at radius 3 is 2.56 bits per heavy atom. The van der Waals surface area contributed by atoms with E-state index in [4.69, 9.17) is 10.5 Å². The summed E-state index contributed by atoms with van der Waals surface area (Å²) < 4.78 is 6.96. The minimum absolute atomic E-state index is 0. The van der Waals surface area contributed by atoms with Crippen LogP contribution in [0.25, 0.3) is 22.0 Å². The first-order valence-corrected chi connectivity index (χ1v) is 7.71.